The zero-order valence-electron chi connectivity index (χ0n) is 15.9. The van der Waals surface area contributed by atoms with E-state index in [4.69, 9.17) is 10.5 Å². The van der Waals surface area contributed by atoms with Crippen LogP contribution in [0.1, 0.15) is 51.6 Å². The maximum atomic E-state index is 12.8. The number of amides is 2. The van der Waals surface area contributed by atoms with Crippen molar-refractivity contribution in [3.8, 4) is 5.75 Å². The molecule has 2 amide bonds. The van der Waals surface area contributed by atoms with E-state index >= 15 is 0 Å². The number of hydrogen-bond acceptors (Lipinski definition) is 4. The Labute approximate surface area is 155 Å². The first-order valence-electron chi connectivity index (χ1n) is 9.56. The molecular formula is C20H29N3O3. The highest BCUT2D eigenvalue weighted by Crippen LogP contribution is 2.36. The zero-order valence-corrected chi connectivity index (χ0v) is 15.9. The number of nitrogens with two attached hydrogens (primary N) is 1. The minimum Gasteiger partial charge on any atom is -0.479 e. The molecule has 0 aromatic heterocycles. The van der Waals surface area contributed by atoms with Crippen molar-refractivity contribution in [2.75, 3.05) is 24.5 Å². The first-order valence-corrected chi connectivity index (χ1v) is 9.56. The lowest BCUT2D eigenvalue weighted by atomic mass is 9.99. The Bertz CT molecular complexity index is 683. The summed E-state index contributed by atoms with van der Waals surface area (Å²) in [7, 11) is 0. The summed E-state index contributed by atoms with van der Waals surface area (Å²) in [4.78, 5) is 28.9. The SMILES string of the molecule is CCC(N)c1ccc2c(c1)N(CC(=O)N1CCC(C)CC1)C(=O)C(C)O2. The Morgan fingerprint density at radius 2 is 2.00 bits per heavy atom. The smallest absolute Gasteiger partial charge is 0.268 e. The summed E-state index contributed by atoms with van der Waals surface area (Å²) >= 11 is 0. The fourth-order valence-electron chi connectivity index (χ4n) is 3.55. The molecule has 26 heavy (non-hydrogen) atoms. The monoisotopic (exact) mass is 359 g/mol. The Balaban J connectivity index is 1.84. The van der Waals surface area contributed by atoms with Gasteiger partial charge < -0.3 is 15.4 Å². The molecule has 142 valence electrons. The van der Waals surface area contributed by atoms with Crippen LogP contribution in [0.3, 0.4) is 0 Å². The zero-order chi connectivity index (χ0) is 18.8. The predicted octanol–water partition coefficient (Wildman–Crippen LogP) is 2.47. The highest BCUT2D eigenvalue weighted by atomic mass is 16.5. The summed E-state index contributed by atoms with van der Waals surface area (Å²) in [5.74, 6) is 1.10. The molecule has 2 unspecified atom stereocenters. The van der Waals surface area contributed by atoms with E-state index in [1.54, 1.807) is 11.8 Å². The van der Waals surface area contributed by atoms with Crippen molar-refractivity contribution < 1.29 is 14.3 Å². The van der Waals surface area contributed by atoms with E-state index in [2.05, 4.69) is 6.92 Å². The second-order valence-corrected chi connectivity index (χ2v) is 7.49. The van der Waals surface area contributed by atoms with E-state index in [0.717, 1.165) is 37.9 Å². The van der Waals surface area contributed by atoms with Gasteiger partial charge in [0.1, 0.15) is 12.3 Å². The number of ether oxygens (including phenoxy) is 1. The fourth-order valence-corrected chi connectivity index (χ4v) is 3.55. The number of likely N-dealkylation sites (tertiary alicyclic amines) is 1. The molecule has 6 heteroatoms. The number of benzene rings is 1. The van der Waals surface area contributed by atoms with Crippen molar-refractivity contribution in [1.82, 2.24) is 4.90 Å². The van der Waals surface area contributed by atoms with Gasteiger partial charge in [-0.1, -0.05) is 19.9 Å². The van der Waals surface area contributed by atoms with Gasteiger partial charge in [-0.2, -0.15) is 0 Å². The van der Waals surface area contributed by atoms with Crippen LogP contribution in [0.2, 0.25) is 0 Å². The van der Waals surface area contributed by atoms with Crippen LogP contribution in [0, 0.1) is 5.92 Å². The first-order chi connectivity index (χ1) is 12.4. The molecule has 6 nitrogen and oxygen atoms in total. The largest absolute Gasteiger partial charge is 0.479 e. The summed E-state index contributed by atoms with van der Waals surface area (Å²) in [6.07, 6.45) is 2.24. The second kappa shape index (κ2) is 7.66. The van der Waals surface area contributed by atoms with E-state index in [-0.39, 0.29) is 24.4 Å². The molecule has 0 bridgehead atoms. The Kier molecular flexibility index (Phi) is 5.51. The molecule has 0 radical (unpaired) electrons. The number of rotatable bonds is 4. The quantitative estimate of drug-likeness (QED) is 0.896. The van der Waals surface area contributed by atoms with Crippen LogP contribution in [-0.2, 0) is 9.59 Å². The number of piperidine rings is 1. The van der Waals surface area contributed by atoms with Crippen LogP contribution in [0.15, 0.2) is 18.2 Å². The minimum atomic E-state index is -0.595. The number of hydrogen-bond donors (Lipinski definition) is 1. The van der Waals surface area contributed by atoms with Crippen LogP contribution in [0.5, 0.6) is 5.75 Å². The molecule has 0 spiro atoms. The molecule has 0 saturated carbocycles. The van der Waals surface area contributed by atoms with Gasteiger partial charge in [-0.15, -0.1) is 0 Å². The molecule has 2 aliphatic heterocycles. The van der Waals surface area contributed by atoms with Crippen molar-refractivity contribution in [2.24, 2.45) is 11.7 Å². The Morgan fingerprint density at radius 3 is 2.65 bits per heavy atom. The summed E-state index contributed by atoms with van der Waals surface area (Å²) in [5.41, 5.74) is 7.74. The van der Waals surface area contributed by atoms with Gasteiger partial charge in [-0.3, -0.25) is 14.5 Å². The van der Waals surface area contributed by atoms with Crippen molar-refractivity contribution in [3.63, 3.8) is 0 Å². The summed E-state index contributed by atoms with van der Waals surface area (Å²) in [6, 6.07) is 5.57. The van der Waals surface area contributed by atoms with Crippen molar-refractivity contribution >= 4 is 17.5 Å². The molecule has 2 heterocycles. The number of anilines is 1. The average molecular weight is 359 g/mol. The molecule has 1 fully saturated rings. The van der Waals surface area contributed by atoms with Crippen LogP contribution in [0.25, 0.3) is 0 Å². The fraction of sp³-hybridized carbons (Fsp3) is 0.600. The molecule has 1 aromatic rings. The lowest BCUT2D eigenvalue weighted by Gasteiger charge is -2.36. The van der Waals surface area contributed by atoms with Gasteiger partial charge in [0.15, 0.2) is 6.10 Å². The Hall–Kier alpha value is -2.08. The van der Waals surface area contributed by atoms with Crippen LogP contribution in [0.4, 0.5) is 5.69 Å². The standard InChI is InChI=1S/C20H29N3O3/c1-4-16(21)15-5-6-18-17(11-15)23(20(25)14(3)26-18)12-19(24)22-9-7-13(2)8-10-22/h5-6,11,13-14,16H,4,7-10,12,21H2,1-3H3. The molecule has 2 N–H and O–H groups in total. The second-order valence-electron chi connectivity index (χ2n) is 7.49. The molecule has 1 aromatic carbocycles. The lowest BCUT2D eigenvalue weighted by molar-refractivity contribution is -0.134. The number of nitrogens with zero attached hydrogens (tertiary/aromatic N) is 2. The van der Waals surface area contributed by atoms with Crippen LogP contribution >= 0.6 is 0 Å². The van der Waals surface area contributed by atoms with Gasteiger partial charge in [-0.05, 0) is 49.8 Å². The van der Waals surface area contributed by atoms with E-state index in [0.29, 0.717) is 17.4 Å². The van der Waals surface area contributed by atoms with Gasteiger partial charge >= 0.3 is 0 Å². The third-order valence-corrected chi connectivity index (χ3v) is 5.49. The molecule has 2 atom stereocenters. The van der Waals surface area contributed by atoms with Gasteiger partial charge in [0, 0.05) is 19.1 Å². The maximum Gasteiger partial charge on any atom is 0.268 e. The van der Waals surface area contributed by atoms with Gasteiger partial charge in [0.25, 0.3) is 5.91 Å². The van der Waals surface area contributed by atoms with Gasteiger partial charge in [0.2, 0.25) is 5.91 Å². The molecule has 2 aliphatic rings. The van der Waals surface area contributed by atoms with E-state index in [1.165, 1.54) is 0 Å². The van der Waals surface area contributed by atoms with Gasteiger partial charge in [0.05, 0.1) is 5.69 Å². The van der Waals surface area contributed by atoms with Crippen molar-refractivity contribution in [2.45, 2.75) is 52.2 Å². The van der Waals surface area contributed by atoms with Crippen molar-refractivity contribution in [1.29, 1.82) is 0 Å². The highest BCUT2D eigenvalue weighted by Gasteiger charge is 2.34. The topological polar surface area (TPSA) is 75.9 Å². The minimum absolute atomic E-state index is 0.00417. The predicted molar refractivity (Wildman–Crippen MR) is 101 cm³/mol. The summed E-state index contributed by atoms with van der Waals surface area (Å²) in [6.45, 7) is 7.54. The highest BCUT2D eigenvalue weighted by molar-refractivity contribution is 6.03. The molecule has 1 saturated heterocycles. The third kappa shape index (κ3) is 3.70. The van der Waals surface area contributed by atoms with Crippen LogP contribution in [-0.4, -0.2) is 42.5 Å². The normalized spacial score (nSPS) is 22.0. The lowest BCUT2D eigenvalue weighted by Crippen LogP contribution is -2.50. The van der Waals surface area contributed by atoms with E-state index < -0.39 is 6.10 Å². The average Bonchev–Trinajstić information content (AvgIpc) is 2.65. The number of carbonyl (C=O) groups is 2. The molecular weight excluding hydrogens is 330 g/mol. The van der Waals surface area contributed by atoms with E-state index in [1.807, 2.05) is 30.0 Å². The molecule has 3 rings (SSSR count). The summed E-state index contributed by atoms with van der Waals surface area (Å²) < 4.78 is 5.73. The van der Waals surface area contributed by atoms with Gasteiger partial charge in [-0.25, -0.2) is 0 Å². The third-order valence-electron chi connectivity index (χ3n) is 5.49. The Morgan fingerprint density at radius 1 is 1.31 bits per heavy atom. The van der Waals surface area contributed by atoms with Crippen LogP contribution < -0.4 is 15.4 Å². The van der Waals surface area contributed by atoms with Crippen molar-refractivity contribution in [3.05, 3.63) is 23.8 Å². The summed E-state index contributed by atoms with van der Waals surface area (Å²) in [5, 5.41) is 0. The number of carbonyl (C=O) groups excluding carboxylic acids is 2. The molecule has 0 aliphatic carbocycles. The number of fused-ring (bicyclic) bond motifs is 1. The maximum absolute atomic E-state index is 12.8. The van der Waals surface area contributed by atoms with E-state index in [9.17, 15) is 9.59 Å². The first kappa shape index (κ1) is 18.7.